The van der Waals surface area contributed by atoms with Gasteiger partial charge in [0.25, 0.3) is 5.91 Å². The molecule has 0 aromatic carbocycles. The lowest BCUT2D eigenvalue weighted by atomic mass is 10.1. The Morgan fingerprint density at radius 2 is 2.25 bits per heavy atom. The number of aryl methyl sites for hydroxylation is 1. The second kappa shape index (κ2) is 7.27. The summed E-state index contributed by atoms with van der Waals surface area (Å²) in [5, 5.41) is 0. The Hall–Kier alpha value is -1.99. The van der Waals surface area contributed by atoms with E-state index in [0.717, 1.165) is 12.1 Å². The van der Waals surface area contributed by atoms with E-state index in [-0.39, 0.29) is 30.6 Å². The molecule has 2 aliphatic rings. The summed E-state index contributed by atoms with van der Waals surface area (Å²) < 4.78 is 10.7. The number of amides is 2. The first-order chi connectivity index (χ1) is 11.6. The monoisotopic (exact) mass is 333 g/mol. The second-order valence-corrected chi connectivity index (χ2v) is 6.10. The van der Waals surface area contributed by atoms with E-state index in [4.69, 9.17) is 9.47 Å². The van der Waals surface area contributed by atoms with E-state index in [1.54, 1.807) is 23.1 Å². The maximum Gasteiger partial charge on any atom is 0.255 e. The first kappa shape index (κ1) is 16.9. The Kier molecular flexibility index (Phi) is 5.11. The predicted octanol–water partition coefficient (Wildman–Crippen LogP) is 0.342. The van der Waals surface area contributed by atoms with Crippen molar-refractivity contribution in [2.24, 2.45) is 0 Å². The summed E-state index contributed by atoms with van der Waals surface area (Å²) in [6, 6.07) is 3.58. The van der Waals surface area contributed by atoms with Gasteiger partial charge >= 0.3 is 0 Å². The summed E-state index contributed by atoms with van der Waals surface area (Å²) in [4.78, 5) is 32.6. The highest BCUT2D eigenvalue weighted by Crippen LogP contribution is 2.24. The van der Waals surface area contributed by atoms with Crippen molar-refractivity contribution in [1.82, 2.24) is 14.8 Å². The predicted molar refractivity (Wildman–Crippen MR) is 86.6 cm³/mol. The number of fused-ring (bicyclic) bond motifs is 1. The van der Waals surface area contributed by atoms with E-state index >= 15 is 0 Å². The van der Waals surface area contributed by atoms with E-state index in [1.807, 2.05) is 19.1 Å². The van der Waals surface area contributed by atoms with Gasteiger partial charge in [-0.25, -0.2) is 0 Å². The number of rotatable bonds is 5. The van der Waals surface area contributed by atoms with Gasteiger partial charge in [0, 0.05) is 38.6 Å². The summed E-state index contributed by atoms with van der Waals surface area (Å²) in [5.41, 5.74) is 1.53. The van der Waals surface area contributed by atoms with Crippen molar-refractivity contribution in [3.8, 4) is 0 Å². The van der Waals surface area contributed by atoms with Crippen molar-refractivity contribution in [1.29, 1.82) is 0 Å². The lowest BCUT2D eigenvalue weighted by molar-refractivity contribution is -0.153. The summed E-state index contributed by atoms with van der Waals surface area (Å²) in [5.74, 6) is -0.112. The minimum absolute atomic E-state index is 0.0448. The topological polar surface area (TPSA) is 72.0 Å². The number of carbonyl (C=O) groups is 2. The van der Waals surface area contributed by atoms with Gasteiger partial charge in [-0.2, -0.15) is 0 Å². The van der Waals surface area contributed by atoms with E-state index < -0.39 is 0 Å². The third kappa shape index (κ3) is 3.27. The van der Waals surface area contributed by atoms with Crippen molar-refractivity contribution in [3.63, 3.8) is 0 Å². The lowest BCUT2D eigenvalue weighted by Gasteiger charge is -2.36. The van der Waals surface area contributed by atoms with Gasteiger partial charge < -0.3 is 19.3 Å². The van der Waals surface area contributed by atoms with Crippen molar-refractivity contribution in [2.45, 2.75) is 25.5 Å². The van der Waals surface area contributed by atoms with E-state index in [1.165, 1.54) is 0 Å². The molecule has 2 aliphatic heterocycles. The van der Waals surface area contributed by atoms with Crippen LogP contribution in [0.4, 0.5) is 0 Å². The molecule has 0 radical (unpaired) electrons. The number of likely N-dealkylation sites (tertiary alicyclic amines) is 1. The zero-order chi connectivity index (χ0) is 17.1. The zero-order valence-corrected chi connectivity index (χ0v) is 14.1. The Labute approximate surface area is 141 Å². The minimum Gasteiger partial charge on any atom is -0.383 e. The molecule has 130 valence electrons. The molecule has 1 aromatic rings. The van der Waals surface area contributed by atoms with Gasteiger partial charge in [-0.3, -0.25) is 14.6 Å². The number of aromatic nitrogens is 1. The molecular weight excluding hydrogens is 310 g/mol. The van der Waals surface area contributed by atoms with Crippen LogP contribution in [0.3, 0.4) is 0 Å². The number of hydrogen-bond acceptors (Lipinski definition) is 5. The van der Waals surface area contributed by atoms with Gasteiger partial charge in [0.15, 0.2) is 0 Å². The molecule has 0 unspecified atom stereocenters. The fraction of sp³-hybridized carbons (Fsp3) is 0.588. The molecule has 0 N–H and O–H groups in total. The smallest absolute Gasteiger partial charge is 0.255 e. The average Bonchev–Trinajstić information content (AvgIpc) is 3.05. The van der Waals surface area contributed by atoms with Crippen LogP contribution in [0.25, 0.3) is 0 Å². The minimum atomic E-state index is -0.133. The summed E-state index contributed by atoms with van der Waals surface area (Å²) in [7, 11) is 1.61. The van der Waals surface area contributed by atoms with Crippen LogP contribution >= 0.6 is 0 Å². The Bertz CT molecular complexity index is 604. The molecule has 2 saturated heterocycles. The van der Waals surface area contributed by atoms with Crippen molar-refractivity contribution in [2.75, 3.05) is 40.0 Å². The maximum atomic E-state index is 12.7. The Balaban J connectivity index is 1.70. The number of carbonyl (C=O) groups excluding carboxylic acids is 2. The van der Waals surface area contributed by atoms with Crippen LogP contribution < -0.4 is 0 Å². The molecule has 0 aliphatic carbocycles. The van der Waals surface area contributed by atoms with Crippen molar-refractivity contribution >= 4 is 11.8 Å². The third-order valence-electron chi connectivity index (χ3n) is 4.64. The SMILES string of the molecule is CCc1ccc(C(=O)N2C[C@@H]3[C@@H](C2)OCC(=O)N3CCOC)cn1. The Morgan fingerprint density at radius 1 is 1.42 bits per heavy atom. The highest BCUT2D eigenvalue weighted by molar-refractivity contribution is 5.94. The molecule has 24 heavy (non-hydrogen) atoms. The highest BCUT2D eigenvalue weighted by atomic mass is 16.5. The third-order valence-corrected chi connectivity index (χ3v) is 4.64. The van der Waals surface area contributed by atoms with Gasteiger partial charge in [0.2, 0.25) is 5.91 Å². The maximum absolute atomic E-state index is 12.7. The molecular formula is C17H23N3O4. The van der Waals surface area contributed by atoms with E-state index in [0.29, 0.717) is 31.8 Å². The van der Waals surface area contributed by atoms with Crippen LogP contribution in [0.15, 0.2) is 18.3 Å². The van der Waals surface area contributed by atoms with Gasteiger partial charge in [0.05, 0.1) is 24.3 Å². The van der Waals surface area contributed by atoms with E-state index in [2.05, 4.69) is 4.98 Å². The standard InChI is InChI=1S/C17H23N3O4/c1-3-13-5-4-12(8-18-13)17(22)19-9-14-15(10-19)24-11-16(21)20(14)6-7-23-2/h4-5,8,14-15H,3,6-7,9-11H2,1-2H3/t14-,15-/m1/s1. The van der Waals surface area contributed by atoms with Crippen molar-refractivity contribution < 1.29 is 19.1 Å². The number of ether oxygens (including phenoxy) is 2. The van der Waals surface area contributed by atoms with Gasteiger partial charge in [0.1, 0.15) is 6.61 Å². The first-order valence-electron chi connectivity index (χ1n) is 8.28. The quantitative estimate of drug-likeness (QED) is 0.777. The molecule has 2 fully saturated rings. The van der Waals surface area contributed by atoms with Gasteiger partial charge in [-0.15, -0.1) is 0 Å². The number of methoxy groups -OCH3 is 1. The Morgan fingerprint density at radius 3 is 2.92 bits per heavy atom. The number of pyridine rings is 1. The molecule has 0 bridgehead atoms. The molecule has 1 aromatic heterocycles. The second-order valence-electron chi connectivity index (χ2n) is 6.10. The average molecular weight is 333 g/mol. The van der Waals surface area contributed by atoms with Crippen LogP contribution in [-0.4, -0.2) is 78.7 Å². The fourth-order valence-corrected chi connectivity index (χ4v) is 3.25. The highest BCUT2D eigenvalue weighted by Gasteiger charge is 2.44. The first-order valence-corrected chi connectivity index (χ1v) is 8.28. The fourth-order valence-electron chi connectivity index (χ4n) is 3.25. The number of morpholine rings is 1. The van der Waals surface area contributed by atoms with Crippen LogP contribution in [0.1, 0.15) is 23.0 Å². The summed E-state index contributed by atoms with van der Waals surface area (Å²) >= 11 is 0. The van der Waals surface area contributed by atoms with Crippen LogP contribution in [0.5, 0.6) is 0 Å². The molecule has 0 saturated carbocycles. The van der Waals surface area contributed by atoms with Gasteiger partial charge in [-0.05, 0) is 18.6 Å². The molecule has 0 spiro atoms. The summed E-state index contributed by atoms with van der Waals surface area (Å²) in [6.45, 7) is 4.07. The van der Waals surface area contributed by atoms with Crippen LogP contribution in [0.2, 0.25) is 0 Å². The largest absolute Gasteiger partial charge is 0.383 e. The van der Waals surface area contributed by atoms with Gasteiger partial charge in [-0.1, -0.05) is 6.92 Å². The number of hydrogen-bond donors (Lipinski definition) is 0. The summed E-state index contributed by atoms with van der Waals surface area (Å²) in [6.07, 6.45) is 2.33. The normalized spacial score (nSPS) is 23.5. The molecule has 3 rings (SSSR count). The van der Waals surface area contributed by atoms with Crippen molar-refractivity contribution in [3.05, 3.63) is 29.6 Å². The molecule has 2 atom stereocenters. The molecule has 7 nitrogen and oxygen atoms in total. The van der Waals surface area contributed by atoms with Crippen LogP contribution in [-0.2, 0) is 20.7 Å². The molecule has 2 amide bonds. The van der Waals surface area contributed by atoms with Crippen LogP contribution in [0, 0.1) is 0 Å². The molecule has 7 heteroatoms. The molecule has 3 heterocycles. The lowest BCUT2D eigenvalue weighted by Crippen LogP contribution is -2.54. The zero-order valence-electron chi connectivity index (χ0n) is 14.1. The van der Waals surface area contributed by atoms with E-state index in [9.17, 15) is 9.59 Å². The number of nitrogens with zero attached hydrogens (tertiary/aromatic N) is 3.